The maximum absolute atomic E-state index is 9.37. The zero-order valence-corrected chi connectivity index (χ0v) is 14.4. The smallest absolute Gasteiger partial charge is 0.0513 e. The third kappa shape index (κ3) is 4.07. The molecule has 3 atom stereocenters. The number of aliphatic hydroxyl groups is 1. The Morgan fingerprint density at radius 1 is 1.38 bits per heavy atom. The monoisotopic (exact) mass is 354 g/mol. The molecule has 1 aliphatic heterocycles. The van der Waals surface area contributed by atoms with Crippen LogP contribution >= 0.6 is 15.9 Å². The summed E-state index contributed by atoms with van der Waals surface area (Å²) in [5, 5.41) is 9.37. The van der Waals surface area contributed by atoms with Gasteiger partial charge in [-0.3, -0.25) is 4.90 Å². The standard InChI is InChI=1S/C17H27BrN2O/c1-2-16(19)17(14-8-3-4-9-15(14)18)20-11-6-5-7-13(20)10-12-21/h3-4,8-9,13,16-17,21H,2,5-7,10-12,19H2,1H3. The summed E-state index contributed by atoms with van der Waals surface area (Å²) in [5.74, 6) is 0. The molecule has 21 heavy (non-hydrogen) atoms. The SMILES string of the molecule is CCC(N)C(c1ccccc1Br)N1CCCCC1CCO. The number of hydrogen-bond donors (Lipinski definition) is 2. The Hall–Kier alpha value is -0.420. The summed E-state index contributed by atoms with van der Waals surface area (Å²) >= 11 is 3.69. The first kappa shape index (κ1) is 16.9. The second-order valence-electron chi connectivity index (χ2n) is 5.94. The highest BCUT2D eigenvalue weighted by Gasteiger charge is 2.33. The summed E-state index contributed by atoms with van der Waals surface area (Å²) in [6, 6.07) is 9.18. The molecule has 0 aromatic heterocycles. The number of rotatable bonds is 6. The van der Waals surface area contributed by atoms with Crippen molar-refractivity contribution in [2.75, 3.05) is 13.2 Å². The number of piperidine rings is 1. The molecular weight excluding hydrogens is 328 g/mol. The Morgan fingerprint density at radius 3 is 2.81 bits per heavy atom. The molecule has 1 saturated heterocycles. The maximum atomic E-state index is 9.37. The quantitative estimate of drug-likeness (QED) is 0.822. The van der Waals surface area contributed by atoms with Gasteiger partial charge in [0.2, 0.25) is 0 Å². The number of hydrogen-bond acceptors (Lipinski definition) is 3. The summed E-state index contributed by atoms with van der Waals surface area (Å²) in [6.45, 7) is 3.48. The Labute approximate surface area is 136 Å². The van der Waals surface area contributed by atoms with Crippen LogP contribution in [0.1, 0.15) is 50.6 Å². The van der Waals surface area contributed by atoms with Crippen molar-refractivity contribution in [3.05, 3.63) is 34.3 Å². The molecule has 3 nitrogen and oxygen atoms in total. The van der Waals surface area contributed by atoms with Gasteiger partial charge in [0.15, 0.2) is 0 Å². The molecule has 0 radical (unpaired) electrons. The lowest BCUT2D eigenvalue weighted by Gasteiger charge is -2.44. The highest BCUT2D eigenvalue weighted by atomic mass is 79.9. The summed E-state index contributed by atoms with van der Waals surface area (Å²) < 4.78 is 1.13. The molecule has 118 valence electrons. The zero-order valence-electron chi connectivity index (χ0n) is 12.8. The molecule has 0 saturated carbocycles. The minimum absolute atomic E-state index is 0.114. The summed E-state index contributed by atoms with van der Waals surface area (Å²) in [6.07, 6.45) is 5.44. The van der Waals surface area contributed by atoms with E-state index in [4.69, 9.17) is 5.73 Å². The fourth-order valence-corrected chi connectivity index (χ4v) is 3.96. The molecule has 1 aromatic rings. The Kier molecular flexibility index (Phi) is 6.68. The van der Waals surface area contributed by atoms with Crippen molar-refractivity contribution in [3.63, 3.8) is 0 Å². The van der Waals surface area contributed by atoms with Crippen LogP contribution in [-0.2, 0) is 0 Å². The highest BCUT2D eigenvalue weighted by molar-refractivity contribution is 9.10. The number of aliphatic hydroxyl groups excluding tert-OH is 1. The van der Waals surface area contributed by atoms with Crippen molar-refractivity contribution in [1.82, 2.24) is 4.90 Å². The number of benzene rings is 1. The molecule has 4 heteroatoms. The molecule has 1 heterocycles. The van der Waals surface area contributed by atoms with E-state index in [2.05, 4.69) is 46.0 Å². The molecule has 1 fully saturated rings. The molecule has 0 bridgehead atoms. The van der Waals surface area contributed by atoms with E-state index in [9.17, 15) is 5.11 Å². The molecule has 2 rings (SSSR count). The first-order valence-electron chi connectivity index (χ1n) is 8.05. The van der Waals surface area contributed by atoms with E-state index in [1.807, 2.05) is 6.07 Å². The molecule has 0 amide bonds. The van der Waals surface area contributed by atoms with Crippen LogP contribution < -0.4 is 5.73 Å². The predicted molar refractivity (Wildman–Crippen MR) is 91.2 cm³/mol. The zero-order chi connectivity index (χ0) is 15.2. The van der Waals surface area contributed by atoms with Gasteiger partial charge in [-0.1, -0.05) is 47.5 Å². The van der Waals surface area contributed by atoms with Gasteiger partial charge < -0.3 is 10.8 Å². The molecule has 1 aromatic carbocycles. The molecule has 3 unspecified atom stereocenters. The van der Waals surface area contributed by atoms with Crippen molar-refractivity contribution in [2.24, 2.45) is 5.73 Å². The van der Waals surface area contributed by atoms with Crippen molar-refractivity contribution >= 4 is 15.9 Å². The van der Waals surface area contributed by atoms with E-state index < -0.39 is 0 Å². The van der Waals surface area contributed by atoms with E-state index >= 15 is 0 Å². The third-order valence-electron chi connectivity index (χ3n) is 4.59. The number of halogens is 1. The van der Waals surface area contributed by atoms with Crippen molar-refractivity contribution < 1.29 is 5.11 Å². The lowest BCUT2D eigenvalue weighted by atomic mass is 9.90. The highest BCUT2D eigenvalue weighted by Crippen LogP contribution is 2.35. The fraction of sp³-hybridized carbons (Fsp3) is 0.647. The van der Waals surface area contributed by atoms with Gasteiger partial charge in [0, 0.05) is 23.2 Å². The van der Waals surface area contributed by atoms with Crippen molar-refractivity contribution in [2.45, 2.75) is 57.2 Å². The van der Waals surface area contributed by atoms with Gasteiger partial charge in [-0.05, 0) is 43.9 Å². The summed E-state index contributed by atoms with van der Waals surface area (Å²) in [4.78, 5) is 2.54. The van der Waals surface area contributed by atoms with Crippen LogP contribution in [0.2, 0.25) is 0 Å². The maximum Gasteiger partial charge on any atom is 0.0513 e. The second-order valence-corrected chi connectivity index (χ2v) is 6.79. The molecule has 3 N–H and O–H groups in total. The van der Waals surface area contributed by atoms with Gasteiger partial charge in [0.25, 0.3) is 0 Å². The minimum Gasteiger partial charge on any atom is -0.396 e. The average molecular weight is 355 g/mol. The lowest BCUT2D eigenvalue weighted by Crippen LogP contribution is -2.48. The van der Waals surface area contributed by atoms with Crippen LogP contribution in [0.5, 0.6) is 0 Å². The molecule has 1 aliphatic rings. The van der Waals surface area contributed by atoms with Gasteiger partial charge in [-0.25, -0.2) is 0 Å². The van der Waals surface area contributed by atoms with Gasteiger partial charge in [-0.15, -0.1) is 0 Å². The van der Waals surface area contributed by atoms with Crippen molar-refractivity contribution in [3.8, 4) is 0 Å². The Bertz CT molecular complexity index is 439. The largest absolute Gasteiger partial charge is 0.396 e. The van der Waals surface area contributed by atoms with Gasteiger partial charge in [-0.2, -0.15) is 0 Å². The normalized spacial score (nSPS) is 23.0. The van der Waals surface area contributed by atoms with Crippen LogP contribution in [-0.4, -0.2) is 35.2 Å². The summed E-state index contributed by atoms with van der Waals surface area (Å²) in [7, 11) is 0. The number of nitrogens with two attached hydrogens (primary N) is 1. The first-order chi connectivity index (χ1) is 10.2. The minimum atomic E-state index is 0.114. The third-order valence-corrected chi connectivity index (χ3v) is 5.32. The van der Waals surface area contributed by atoms with Crippen LogP contribution in [0.4, 0.5) is 0 Å². The van der Waals surface area contributed by atoms with E-state index in [0.717, 1.165) is 30.3 Å². The predicted octanol–water partition coefficient (Wildman–Crippen LogP) is 3.46. The lowest BCUT2D eigenvalue weighted by molar-refractivity contribution is 0.0616. The first-order valence-corrected chi connectivity index (χ1v) is 8.85. The molecule has 0 spiro atoms. The molecular formula is C17H27BrN2O. The molecule has 0 aliphatic carbocycles. The number of likely N-dealkylation sites (tertiary alicyclic amines) is 1. The van der Waals surface area contributed by atoms with Crippen LogP contribution in [0.3, 0.4) is 0 Å². The van der Waals surface area contributed by atoms with Gasteiger partial charge >= 0.3 is 0 Å². The van der Waals surface area contributed by atoms with E-state index in [1.54, 1.807) is 0 Å². The van der Waals surface area contributed by atoms with Crippen LogP contribution in [0.25, 0.3) is 0 Å². The average Bonchev–Trinajstić information content (AvgIpc) is 2.51. The topological polar surface area (TPSA) is 49.5 Å². The van der Waals surface area contributed by atoms with Crippen LogP contribution in [0, 0.1) is 0 Å². The van der Waals surface area contributed by atoms with E-state index in [-0.39, 0.29) is 18.7 Å². The van der Waals surface area contributed by atoms with Gasteiger partial charge in [0.05, 0.1) is 6.04 Å². The Morgan fingerprint density at radius 2 is 2.14 bits per heavy atom. The van der Waals surface area contributed by atoms with E-state index in [1.165, 1.54) is 18.4 Å². The Balaban J connectivity index is 2.32. The van der Waals surface area contributed by atoms with Gasteiger partial charge in [0.1, 0.15) is 0 Å². The number of nitrogens with zero attached hydrogens (tertiary/aromatic N) is 1. The summed E-state index contributed by atoms with van der Waals surface area (Å²) in [5.41, 5.74) is 7.76. The second kappa shape index (κ2) is 8.28. The fourth-order valence-electron chi connectivity index (χ4n) is 3.44. The van der Waals surface area contributed by atoms with E-state index in [0.29, 0.717) is 6.04 Å². The van der Waals surface area contributed by atoms with Crippen molar-refractivity contribution in [1.29, 1.82) is 0 Å². The van der Waals surface area contributed by atoms with Crippen LogP contribution in [0.15, 0.2) is 28.7 Å².